The number of ketones is 2. The number of ether oxygens (including phenoxy) is 2. The van der Waals surface area contributed by atoms with Gasteiger partial charge in [-0.25, -0.2) is 0 Å². The van der Waals surface area contributed by atoms with Crippen LogP contribution in [-0.2, 0) is 19.1 Å². The normalized spacial score (nSPS) is 12.6. The Morgan fingerprint density at radius 2 is 0.800 bits per heavy atom. The summed E-state index contributed by atoms with van der Waals surface area (Å²) < 4.78 is 10.9. The molecule has 0 heterocycles. The van der Waals surface area contributed by atoms with E-state index in [0.29, 0.717) is 12.8 Å². The van der Waals surface area contributed by atoms with Gasteiger partial charge in [-0.05, 0) is 64.2 Å². The fourth-order valence-electron chi connectivity index (χ4n) is 6.08. The van der Waals surface area contributed by atoms with Crippen LogP contribution < -0.4 is 0 Å². The molecule has 0 aromatic rings. The summed E-state index contributed by atoms with van der Waals surface area (Å²) in [4.78, 5) is 25.8. The van der Waals surface area contributed by atoms with Gasteiger partial charge in [0.25, 0.3) is 0 Å². The molecule has 0 fully saturated rings. The van der Waals surface area contributed by atoms with Crippen molar-refractivity contribution in [2.24, 2.45) is 5.92 Å². The van der Waals surface area contributed by atoms with Crippen molar-refractivity contribution in [2.45, 2.75) is 206 Å². The number of unbranched alkanes of at least 4 members (excludes halogenated alkanes) is 22. The third-order valence-corrected chi connectivity index (χ3v) is 9.06. The number of hydrogen-bond donors (Lipinski definition) is 0. The molecule has 1 atom stereocenters. The highest BCUT2D eigenvalue weighted by molar-refractivity contribution is 5.88. The van der Waals surface area contributed by atoms with E-state index in [4.69, 9.17) is 9.47 Å². The average Bonchev–Trinajstić information content (AvgIpc) is 3.04. The molecule has 0 aromatic heterocycles. The van der Waals surface area contributed by atoms with Gasteiger partial charge in [0.05, 0.1) is 5.92 Å². The van der Waals surface area contributed by atoms with Gasteiger partial charge in [-0.1, -0.05) is 141 Å². The maximum absolute atomic E-state index is 13.1. The van der Waals surface area contributed by atoms with Crippen LogP contribution in [0.4, 0.5) is 0 Å². The molecule has 0 N–H and O–H groups in total. The summed E-state index contributed by atoms with van der Waals surface area (Å²) in [6, 6.07) is 0. The second-order valence-electron chi connectivity index (χ2n) is 13.3. The fourth-order valence-corrected chi connectivity index (χ4v) is 6.08. The minimum atomic E-state index is -0.640. The van der Waals surface area contributed by atoms with Crippen molar-refractivity contribution >= 4 is 11.6 Å². The topological polar surface area (TPSA) is 52.6 Å². The number of Topliss-reactive ketones (excluding diaryl/α,β-unsaturated/α-hetero) is 2. The molecule has 0 aliphatic carbocycles. The van der Waals surface area contributed by atoms with Crippen molar-refractivity contribution in [1.29, 1.82) is 0 Å². The zero-order chi connectivity index (χ0) is 33.1. The van der Waals surface area contributed by atoms with Gasteiger partial charge >= 0.3 is 0 Å². The lowest BCUT2D eigenvalue weighted by atomic mass is 9.91. The van der Waals surface area contributed by atoms with E-state index >= 15 is 0 Å². The molecule has 264 valence electrons. The molecule has 0 radical (unpaired) electrons. The maximum atomic E-state index is 13.1. The highest BCUT2D eigenvalue weighted by Gasteiger charge is 2.30. The standard InChI is InChI=1S/C41H76O4/c1-5-7-9-11-13-15-17-19-21-23-25-27-29-31-33-35-38(42)37-39(41(44-3)45-4)40(43)36-34-32-30-28-26-24-22-20-18-16-14-12-10-8-6-2/h19-22,39,41H,5-18,23-37H2,1-4H3/b21-19-,22-20-. The molecule has 0 saturated heterocycles. The molecular weight excluding hydrogens is 556 g/mol. The minimum absolute atomic E-state index is 0.110. The summed E-state index contributed by atoms with van der Waals surface area (Å²) in [5.41, 5.74) is 0. The Kier molecular flexibility index (Phi) is 34.6. The fraction of sp³-hybridized carbons (Fsp3) is 0.854. The van der Waals surface area contributed by atoms with Crippen molar-refractivity contribution < 1.29 is 19.1 Å². The van der Waals surface area contributed by atoms with Crippen LogP contribution in [0.5, 0.6) is 0 Å². The summed E-state index contributed by atoms with van der Waals surface area (Å²) in [5, 5.41) is 0. The zero-order valence-electron chi connectivity index (χ0n) is 30.6. The van der Waals surface area contributed by atoms with Gasteiger partial charge in [0.15, 0.2) is 6.29 Å². The first-order valence-corrected chi connectivity index (χ1v) is 19.5. The number of rotatable bonds is 36. The summed E-state index contributed by atoms with van der Waals surface area (Å²) in [5.74, 6) is -0.221. The molecule has 45 heavy (non-hydrogen) atoms. The maximum Gasteiger partial charge on any atom is 0.166 e. The van der Waals surface area contributed by atoms with Crippen molar-refractivity contribution in [3.63, 3.8) is 0 Å². The molecule has 0 rings (SSSR count). The molecular formula is C41H76O4. The quantitative estimate of drug-likeness (QED) is 0.0392. The Morgan fingerprint density at radius 1 is 0.467 bits per heavy atom. The number of methoxy groups -OCH3 is 2. The van der Waals surface area contributed by atoms with E-state index in [1.54, 1.807) is 14.2 Å². The monoisotopic (exact) mass is 633 g/mol. The summed E-state index contributed by atoms with van der Waals surface area (Å²) in [6.07, 6.45) is 42.4. The van der Waals surface area contributed by atoms with Gasteiger partial charge in [0, 0.05) is 33.5 Å². The van der Waals surface area contributed by atoms with E-state index in [1.165, 1.54) is 135 Å². The Morgan fingerprint density at radius 3 is 1.18 bits per heavy atom. The van der Waals surface area contributed by atoms with Gasteiger partial charge in [0.2, 0.25) is 0 Å². The average molecular weight is 633 g/mol. The molecule has 0 aliphatic heterocycles. The number of allylic oxidation sites excluding steroid dienone is 4. The largest absolute Gasteiger partial charge is 0.355 e. The molecule has 4 nitrogen and oxygen atoms in total. The predicted molar refractivity (Wildman–Crippen MR) is 195 cm³/mol. The van der Waals surface area contributed by atoms with Crippen LogP contribution in [0.15, 0.2) is 24.3 Å². The molecule has 4 heteroatoms. The SMILES string of the molecule is CCCCCCCC/C=C\CCCCCCCC(=O)CC(C(=O)CCCCCCC/C=C\CCCCCCCC)C(OC)OC. The first-order valence-electron chi connectivity index (χ1n) is 19.5. The number of carbonyl (C=O) groups excluding carboxylic acids is 2. The Labute approximate surface area is 281 Å². The Bertz CT molecular complexity index is 694. The van der Waals surface area contributed by atoms with Crippen LogP contribution in [0.2, 0.25) is 0 Å². The smallest absolute Gasteiger partial charge is 0.166 e. The van der Waals surface area contributed by atoms with Gasteiger partial charge in [-0.3, -0.25) is 9.59 Å². The number of hydrogen-bond acceptors (Lipinski definition) is 4. The van der Waals surface area contributed by atoms with E-state index in [9.17, 15) is 9.59 Å². The number of carbonyl (C=O) groups is 2. The van der Waals surface area contributed by atoms with Crippen molar-refractivity contribution in [2.75, 3.05) is 14.2 Å². The second kappa shape index (κ2) is 35.6. The first kappa shape index (κ1) is 43.7. The predicted octanol–water partition coefficient (Wildman–Crippen LogP) is 12.8. The minimum Gasteiger partial charge on any atom is -0.355 e. The highest BCUT2D eigenvalue weighted by atomic mass is 16.7. The van der Waals surface area contributed by atoms with Gasteiger partial charge in [-0.15, -0.1) is 0 Å². The molecule has 0 saturated carbocycles. The third kappa shape index (κ3) is 29.9. The molecule has 0 amide bonds. The van der Waals surface area contributed by atoms with Crippen molar-refractivity contribution in [3.05, 3.63) is 24.3 Å². The Balaban J connectivity index is 3.96. The van der Waals surface area contributed by atoms with E-state index in [-0.39, 0.29) is 18.0 Å². The highest BCUT2D eigenvalue weighted by Crippen LogP contribution is 2.21. The van der Waals surface area contributed by atoms with Crippen LogP contribution in [0.3, 0.4) is 0 Å². The second-order valence-corrected chi connectivity index (χ2v) is 13.3. The van der Waals surface area contributed by atoms with Crippen molar-refractivity contribution in [3.8, 4) is 0 Å². The Hall–Kier alpha value is -1.26. The molecule has 0 bridgehead atoms. The van der Waals surface area contributed by atoms with E-state index in [0.717, 1.165) is 32.1 Å². The molecule has 0 spiro atoms. The lowest BCUT2D eigenvalue weighted by Gasteiger charge is -2.23. The van der Waals surface area contributed by atoms with Crippen LogP contribution >= 0.6 is 0 Å². The van der Waals surface area contributed by atoms with E-state index in [2.05, 4.69) is 38.2 Å². The molecule has 1 unspecified atom stereocenters. The summed E-state index contributed by atoms with van der Waals surface area (Å²) in [7, 11) is 3.12. The van der Waals surface area contributed by atoms with Gasteiger partial charge in [0.1, 0.15) is 11.6 Å². The van der Waals surface area contributed by atoms with Gasteiger partial charge in [-0.2, -0.15) is 0 Å². The zero-order valence-corrected chi connectivity index (χ0v) is 30.6. The molecule has 0 aliphatic rings. The van der Waals surface area contributed by atoms with Crippen LogP contribution in [0, 0.1) is 5.92 Å². The summed E-state index contributed by atoms with van der Waals surface area (Å²) >= 11 is 0. The van der Waals surface area contributed by atoms with Crippen molar-refractivity contribution in [1.82, 2.24) is 0 Å². The lowest BCUT2D eigenvalue weighted by Crippen LogP contribution is -2.33. The summed E-state index contributed by atoms with van der Waals surface area (Å²) in [6.45, 7) is 4.53. The first-order chi connectivity index (χ1) is 22.1. The lowest BCUT2D eigenvalue weighted by molar-refractivity contribution is -0.160. The van der Waals surface area contributed by atoms with Crippen LogP contribution in [-0.4, -0.2) is 32.1 Å². The van der Waals surface area contributed by atoms with E-state index < -0.39 is 12.2 Å². The molecule has 0 aromatic carbocycles. The van der Waals surface area contributed by atoms with Gasteiger partial charge < -0.3 is 9.47 Å². The van der Waals surface area contributed by atoms with E-state index in [1.807, 2.05) is 0 Å². The van der Waals surface area contributed by atoms with Crippen LogP contribution in [0.1, 0.15) is 200 Å². The third-order valence-electron chi connectivity index (χ3n) is 9.06. The van der Waals surface area contributed by atoms with Crippen LogP contribution in [0.25, 0.3) is 0 Å².